The number of nitrogens with zero attached hydrogens (tertiary/aromatic N) is 2. The smallest absolute Gasteiger partial charge is 0.338 e. The van der Waals surface area contributed by atoms with Crippen LogP contribution in [0.15, 0.2) is 84.9 Å². The molecule has 5 nitrogen and oxygen atoms in total. The Kier molecular flexibility index (Phi) is 5.95. The summed E-state index contributed by atoms with van der Waals surface area (Å²) >= 11 is 1.60. The molecule has 5 aromatic rings. The van der Waals surface area contributed by atoms with Crippen molar-refractivity contribution in [2.45, 2.75) is 19.3 Å². The Morgan fingerprint density at radius 2 is 1.72 bits per heavy atom. The van der Waals surface area contributed by atoms with Crippen LogP contribution < -0.4 is 4.90 Å². The van der Waals surface area contributed by atoms with Crippen LogP contribution in [-0.2, 0) is 16.0 Å². The average Bonchev–Trinajstić information content (AvgIpc) is 3.36. The molecule has 6 rings (SSSR count). The molecule has 4 aromatic carbocycles. The molecule has 0 N–H and O–H groups in total. The molecule has 1 aromatic heterocycles. The van der Waals surface area contributed by atoms with E-state index in [-0.39, 0.29) is 18.9 Å². The summed E-state index contributed by atoms with van der Waals surface area (Å²) in [7, 11) is 0. The van der Waals surface area contributed by atoms with Gasteiger partial charge in [-0.3, -0.25) is 4.79 Å². The van der Waals surface area contributed by atoms with Gasteiger partial charge in [-0.05, 0) is 48.1 Å². The van der Waals surface area contributed by atoms with Crippen molar-refractivity contribution in [1.29, 1.82) is 0 Å². The summed E-state index contributed by atoms with van der Waals surface area (Å²) in [5, 5.41) is 2.63. The van der Waals surface area contributed by atoms with Gasteiger partial charge in [-0.2, -0.15) is 0 Å². The number of hydrogen-bond acceptors (Lipinski definition) is 5. The number of esters is 1. The lowest BCUT2D eigenvalue weighted by Gasteiger charge is -2.29. The number of amides is 1. The Labute approximate surface area is 213 Å². The number of aromatic nitrogens is 1. The van der Waals surface area contributed by atoms with E-state index < -0.39 is 5.97 Å². The molecule has 0 aliphatic carbocycles. The standard InChI is InChI=1S/C30H24N2O3S/c33-27(32-18-7-11-20-8-1-3-15-25(20)32)17-19-35-30(34)23-13-6-10-21-9-5-12-22(28(21)23)29-31-24-14-2-4-16-26(24)36-29/h1-6,8-10,12-16H,7,11,17-19H2. The lowest BCUT2D eigenvalue weighted by Crippen LogP contribution is -2.36. The van der Waals surface area contributed by atoms with Crippen molar-refractivity contribution in [3.8, 4) is 10.6 Å². The summed E-state index contributed by atoms with van der Waals surface area (Å²) in [5.41, 5.74) is 4.48. The van der Waals surface area contributed by atoms with E-state index in [1.165, 1.54) is 5.56 Å². The molecule has 1 aliphatic rings. The van der Waals surface area contributed by atoms with Gasteiger partial charge in [0.05, 0.1) is 22.2 Å². The van der Waals surface area contributed by atoms with E-state index in [1.54, 1.807) is 17.4 Å². The van der Waals surface area contributed by atoms with Crippen LogP contribution in [0.5, 0.6) is 0 Å². The first-order chi connectivity index (χ1) is 17.7. The molecule has 0 bridgehead atoms. The predicted octanol–water partition coefficient (Wildman–Crippen LogP) is 6.64. The second kappa shape index (κ2) is 9.55. The molecule has 0 saturated heterocycles. The molecule has 0 spiro atoms. The van der Waals surface area contributed by atoms with E-state index in [1.807, 2.05) is 71.6 Å². The zero-order chi connectivity index (χ0) is 24.5. The van der Waals surface area contributed by atoms with E-state index in [4.69, 9.17) is 9.72 Å². The largest absolute Gasteiger partial charge is 0.462 e. The Balaban J connectivity index is 1.23. The number of para-hydroxylation sites is 2. The highest BCUT2D eigenvalue weighted by molar-refractivity contribution is 7.21. The second-order valence-electron chi connectivity index (χ2n) is 8.86. The molecule has 0 atom stereocenters. The number of carbonyl (C=O) groups excluding carboxylic acids is 2. The molecular weight excluding hydrogens is 468 g/mol. The molecule has 1 aliphatic heterocycles. The van der Waals surface area contributed by atoms with E-state index >= 15 is 0 Å². The summed E-state index contributed by atoms with van der Waals surface area (Å²) in [6, 6.07) is 27.6. The molecule has 178 valence electrons. The van der Waals surface area contributed by atoms with Gasteiger partial charge in [-0.25, -0.2) is 9.78 Å². The minimum Gasteiger partial charge on any atom is -0.462 e. The first-order valence-corrected chi connectivity index (χ1v) is 12.9. The first kappa shape index (κ1) is 22.4. The Hall–Kier alpha value is -4.03. The van der Waals surface area contributed by atoms with Crippen molar-refractivity contribution in [2.75, 3.05) is 18.1 Å². The highest BCUT2D eigenvalue weighted by Crippen LogP contribution is 2.36. The first-order valence-electron chi connectivity index (χ1n) is 12.1. The molecule has 36 heavy (non-hydrogen) atoms. The highest BCUT2D eigenvalue weighted by Gasteiger charge is 2.23. The van der Waals surface area contributed by atoms with Gasteiger partial charge in [0, 0.05) is 23.2 Å². The van der Waals surface area contributed by atoms with Crippen molar-refractivity contribution in [3.63, 3.8) is 0 Å². The van der Waals surface area contributed by atoms with Gasteiger partial charge in [0.2, 0.25) is 5.91 Å². The minimum absolute atomic E-state index is 0.0250. The zero-order valence-corrected chi connectivity index (χ0v) is 20.5. The van der Waals surface area contributed by atoms with Crippen LogP contribution in [0.1, 0.15) is 28.8 Å². The lowest BCUT2D eigenvalue weighted by atomic mass is 9.99. The molecule has 2 heterocycles. The van der Waals surface area contributed by atoms with Gasteiger partial charge in [-0.15, -0.1) is 11.3 Å². The summed E-state index contributed by atoms with van der Waals surface area (Å²) in [6.07, 6.45) is 2.07. The SMILES string of the molecule is O=C(OCCC(=O)N1CCCc2ccccc21)c1cccc2cccc(-c3nc4ccccc4s3)c12. The maximum atomic E-state index is 13.2. The molecule has 0 radical (unpaired) electrons. The van der Waals surface area contributed by atoms with Gasteiger partial charge in [0.25, 0.3) is 0 Å². The Bertz CT molecular complexity index is 1570. The third-order valence-electron chi connectivity index (χ3n) is 6.61. The number of aryl methyl sites for hydroxylation is 1. The second-order valence-corrected chi connectivity index (χ2v) is 9.89. The van der Waals surface area contributed by atoms with E-state index in [0.29, 0.717) is 12.1 Å². The van der Waals surface area contributed by atoms with Crippen LogP contribution in [-0.4, -0.2) is 30.0 Å². The van der Waals surface area contributed by atoms with Gasteiger partial charge >= 0.3 is 5.97 Å². The Morgan fingerprint density at radius 1 is 0.917 bits per heavy atom. The van der Waals surface area contributed by atoms with Gasteiger partial charge in [-0.1, -0.05) is 60.7 Å². The van der Waals surface area contributed by atoms with Crippen LogP contribution in [0.2, 0.25) is 0 Å². The molecule has 6 heteroatoms. The number of carbonyl (C=O) groups is 2. The molecule has 0 saturated carbocycles. The van der Waals surface area contributed by atoms with Crippen LogP contribution in [0, 0.1) is 0 Å². The third kappa shape index (κ3) is 4.14. The summed E-state index contributed by atoms with van der Waals surface area (Å²) in [5.74, 6) is -0.455. The maximum absolute atomic E-state index is 13.2. The fourth-order valence-electron chi connectivity index (χ4n) is 4.91. The number of anilines is 1. The minimum atomic E-state index is -0.430. The maximum Gasteiger partial charge on any atom is 0.338 e. The lowest BCUT2D eigenvalue weighted by molar-refractivity contribution is -0.119. The number of fused-ring (bicyclic) bond motifs is 3. The van der Waals surface area contributed by atoms with Crippen molar-refractivity contribution in [2.24, 2.45) is 0 Å². The summed E-state index contributed by atoms with van der Waals surface area (Å²) < 4.78 is 6.73. The number of hydrogen-bond donors (Lipinski definition) is 0. The molecule has 0 fully saturated rings. The van der Waals surface area contributed by atoms with Gasteiger partial charge in [0.1, 0.15) is 11.6 Å². The topological polar surface area (TPSA) is 59.5 Å². The average molecular weight is 493 g/mol. The number of rotatable bonds is 5. The van der Waals surface area contributed by atoms with Crippen LogP contribution in [0.25, 0.3) is 31.6 Å². The van der Waals surface area contributed by atoms with Crippen molar-refractivity contribution >= 4 is 49.9 Å². The highest BCUT2D eigenvalue weighted by atomic mass is 32.1. The summed E-state index contributed by atoms with van der Waals surface area (Å²) in [4.78, 5) is 32.8. The number of benzene rings is 4. The van der Waals surface area contributed by atoms with Crippen molar-refractivity contribution in [1.82, 2.24) is 4.98 Å². The number of thiazole rings is 1. The number of ether oxygens (including phenoxy) is 1. The van der Waals surface area contributed by atoms with Crippen molar-refractivity contribution < 1.29 is 14.3 Å². The van der Waals surface area contributed by atoms with E-state index in [0.717, 1.165) is 50.1 Å². The van der Waals surface area contributed by atoms with Crippen LogP contribution in [0.3, 0.4) is 0 Å². The van der Waals surface area contributed by atoms with Crippen molar-refractivity contribution in [3.05, 3.63) is 96.1 Å². The Morgan fingerprint density at radius 3 is 2.61 bits per heavy atom. The normalized spacial score (nSPS) is 13.1. The molecular formula is C30H24N2O3S. The quantitative estimate of drug-likeness (QED) is 0.258. The van der Waals surface area contributed by atoms with Crippen LogP contribution >= 0.6 is 11.3 Å². The van der Waals surface area contributed by atoms with Crippen LogP contribution in [0.4, 0.5) is 5.69 Å². The predicted molar refractivity (Wildman–Crippen MR) is 145 cm³/mol. The fraction of sp³-hybridized carbons (Fsp3) is 0.167. The van der Waals surface area contributed by atoms with Gasteiger partial charge in [0.15, 0.2) is 0 Å². The zero-order valence-electron chi connectivity index (χ0n) is 19.6. The molecule has 0 unspecified atom stereocenters. The van der Waals surface area contributed by atoms with E-state index in [9.17, 15) is 9.59 Å². The fourth-order valence-corrected chi connectivity index (χ4v) is 5.91. The monoisotopic (exact) mass is 492 g/mol. The molecule has 1 amide bonds. The third-order valence-corrected chi connectivity index (χ3v) is 7.68. The van der Waals surface area contributed by atoms with Gasteiger partial charge < -0.3 is 9.64 Å². The van der Waals surface area contributed by atoms with E-state index in [2.05, 4.69) is 12.1 Å². The summed E-state index contributed by atoms with van der Waals surface area (Å²) in [6.45, 7) is 0.731.